The van der Waals surface area contributed by atoms with Crippen LogP contribution in [0, 0.1) is 3.57 Å². The van der Waals surface area contributed by atoms with Gasteiger partial charge in [0.1, 0.15) is 35.8 Å². The van der Waals surface area contributed by atoms with Crippen LogP contribution in [0.5, 0.6) is 5.75 Å². The van der Waals surface area contributed by atoms with Gasteiger partial charge in [-0.3, -0.25) is 0 Å². The first-order chi connectivity index (χ1) is 12.6. The normalized spacial score (nSPS) is 10.5. The van der Waals surface area contributed by atoms with Crippen LogP contribution in [0.1, 0.15) is 10.4 Å². The molecule has 2 aromatic heterocycles. The number of methoxy groups -OCH3 is 1. The molecule has 0 saturated carbocycles. The predicted molar refractivity (Wildman–Crippen MR) is 104 cm³/mol. The fraction of sp³-hybridized carbons (Fsp3) is 0.176. The highest BCUT2D eigenvalue weighted by Gasteiger charge is 2.14. The van der Waals surface area contributed by atoms with E-state index >= 15 is 0 Å². The number of carbonyl (C=O) groups excluding carboxylic acids is 1. The quantitative estimate of drug-likeness (QED) is 0.440. The minimum Gasteiger partial charge on any atom is -0.491 e. The number of benzene rings is 1. The number of hydrogen-bond acceptors (Lipinski definition) is 7. The molecule has 0 amide bonds. The average molecular weight is 465 g/mol. The summed E-state index contributed by atoms with van der Waals surface area (Å²) in [6, 6.07) is 10.7. The fourth-order valence-corrected chi connectivity index (χ4v) is 2.84. The summed E-state index contributed by atoms with van der Waals surface area (Å²) >= 11 is 2.13. The van der Waals surface area contributed by atoms with Crippen LogP contribution in [0.4, 0.5) is 5.82 Å². The van der Waals surface area contributed by atoms with Crippen LogP contribution >= 0.6 is 22.6 Å². The zero-order chi connectivity index (χ0) is 18.5. The molecular weight excluding hydrogens is 449 g/mol. The second kappa shape index (κ2) is 8.13. The van der Waals surface area contributed by atoms with E-state index in [2.05, 4.69) is 37.8 Å². The summed E-state index contributed by atoms with van der Waals surface area (Å²) in [7, 11) is 1.34. The number of nitrogens with zero attached hydrogens (tertiary/aromatic N) is 4. The molecule has 134 valence electrons. The molecule has 0 unspecified atom stereocenters. The number of halogens is 1. The number of pyridine rings is 1. The zero-order valence-electron chi connectivity index (χ0n) is 13.9. The van der Waals surface area contributed by atoms with Gasteiger partial charge in [-0.25, -0.2) is 9.78 Å². The van der Waals surface area contributed by atoms with Gasteiger partial charge < -0.3 is 19.8 Å². The molecule has 0 atom stereocenters. The monoisotopic (exact) mass is 465 g/mol. The zero-order valence-corrected chi connectivity index (χ0v) is 16.1. The van der Waals surface area contributed by atoms with Crippen molar-refractivity contribution in [1.29, 1.82) is 0 Å². The second-order valence-corrected chi connectivity index (χ2v) is 6.52. The standard InChI is InChI=1S/C17H16IN5O3/c1-25-17(24)12-9-11(18)5-6-14(12)26-8-7-23-10-20-22-16(23)13-3-2-4-15(19)21-13/h2-6,9-10H,7-8H2,1H3,(H2,19,21). The molecule has 0 aliphatic heterocycles. The molecule has 0 spiro atoms. The Bertz CT molecular complexity index is 928. The Labute approximate surface area is 163 Å². The molecule has 3 rings (SSSR count). The van der Waals surface area contributed by atoms with Crippen molar-refractivity contribution in [3.63, 3.8) is 0 Å². The molecule has 8 nitrogen and oxygen atoms in total. The molecule has 0 bridgehead atoms. The first-order valence-corrected chi connectivity index (χ1v) is 8.77. The van der Waals surface area contributed by atoms with E-state index in [1.165, 1.54) is 7.11 Å². The fourth-order valence-electron chi connectivity index (χ4n) is 2.34. The van der Waals surface area contributed by atoms with Crippen LogP contribution in [-0.4, -0.2) is 39.4 Å². The summed E-state index contributed by atoms with van der Waals surface area (Å²) in [4.78, 5) is 16.2. The SMILES string of the molecule is COC(=O)c1cc(I)ccc1OCCn1cnnc1-c1cccc(N)n1. The molecule has 3 aromatic rings. The molecule has 26 heavy (non-hydrogen) atoms. The molecule has 9 heteroatoms. The predicted octanol–water partition coefficient (Wildman–Crippen LogP) is 2.39. The number of aromatic nitrogens is 4. The maximum Gasteiger partial charge on any atom is 0.341 e. The van der Waals surface area contributed by atoms with Gasteiger partial charge in [-0.2, -0.15) is 0 Å². The number of hydrogen-bond donors (Lipinski definition) is 1. The molecular formula is C17H16IN5O3. The summed E-state index contributed by atoms with van der Waals surface area (Å²) in [6.45, 7) is 0.795. The van der Waals surface area contributed by atoms with E-state index < -0.39 is 5.97 Å². The first kappa shape index (κ1) is 18.1. The highest BCUT2D eigenvalue weighted by molar-refractivity contribution is 14.1. The van der Waals surface area contributed by atoms with Crippen molar-refractivity contribution in [2.24, 2.45) is 0 Å². The Balaban J connectivity index is 1.72. The van der Waals surface area contributed by atoms with Gasteiger partial charge in [0.15, 0.2) is 5.82 Å². The van der Waals surface area contributed by atoms with Crippen molar-refractivity contribution < 1.29 is 14.3 Å². The molecule has 0 aliphatic carbocycles. The van der Waals surface area contributed by atoms with Gasteiger partial charge in [0.2, 0.25) is 0 Å². The molecule has 0 fully saturated rings. The highest BCUT2D eigenvalue weighted by Crippen LogP contribution is 2.22. The lowest BCUT2D eigenvalue weighted by molar-refractivity contribution is 0.0595. The lowest BCUT2D eigenvalue weighted by Gasteiger charge is -2.12. The molecule has 2 N–H and O–H groups in total. The number of carbonyl (C=O) groups is 1. The maximum absolute atomic E-state index is 11.9. The van der Waals surface area contributed by atoms with E-state index in [9.17, 15) is 4.79 Å². The molecule has 0 aliphatic rings. The summed E-state index contributed by atoms with van der Waals surface area (Å²) in [6.07, 6.45) is 1.60. The van der Waals surface area contributed by atoms with Gasteiger partial charge in [-0.1, -0.05) is 6.07 Å². The van der Waals surface area contributed by atoms with Gasteiger partial charge in [-0.15, -0.1) is 10.2 Å². The smallest absolute Gasteiger partial charge is 0.341 e. The number of nitrogens with two attached hydrogens (primary N) is 1. The Morgan fingerprint density at radius 2 is 2.15 bits per heavy atom. The minimum atomic E-state index is -0.438. The second-order valence-electron chi connectivity index (χ2n) is 5.28. The molecule has 0 saturated heterocycles. The van der Waals surface area contributed by atoms with E-state index in [1.54, 1.807) is 30.6 Å². The van der Waals surface area contributed by atoms with Crippen molar-refractivity contribution in [3.05, 3.63) is 51.9 Å². The van der Waals surface area contributed by atoms with E-state index in [0.29, 0.717) is 41.8 Å². The van der Waals surface area contributed by atoms with Crippen LogP contribution in [0.15, 0.2) is 42.7 Å². The van der Waals surface area contributed by atoms with Crippen LogP contribution in [0.2, 0.25) is 0 Å². The van der Waals surface area contributed by atoms with Crippen molar-refractivity contribution in [2.45, 2.75) is 6.54 Å². The van der Waals surface area contributed by atoms with Crippen LogP contribution < -0.4 is 10.5 Å². The van der Waals surface area contributed by atoms with Gasteiger partial charge in [-0.05, 0) is 52.9 Å². The van der Waals surface area contributed by atoms with E-state index in [-0.39, 0.29) is 0 Å². The lowest BCUT2D eigenvalue weighted by Crippen LogP contribution is -2.12. The van der Waals surface area contributed by atoms with E-state index in [1.807, 2.05) is 16.7 Å². The van der Waals surface area contributed by atoms with Gasteiger partial charge in [0, 0.05) is 3.57 Å². The Hall–Kier alpha value is -2.69. The number of rotatable bonds is 6. The molecule has 0 radical (unpaired) electrons. The third-order valence-corrected chi connectivity index (χ3v) is 4.22. The van der Waals surface area contributed by atoms with Crippen LogP contribution in [0.3, 0.4) is 0 Å². The molecule has 1 aromatic carbocycles. The summed E-state index contributed by atoms with van der Waals surface area (Å²) in [5.41, 5.74) is 6.74. The van der Waals surface area contributed by atoms with E-state index in [4.69, 9.17) is 15.2 Å². The summed E-state index contributed by atoms with van der Waals surface area (Å²) in [5.74, 6) is 1.04. The number of nitrogen functional groups attached to an aromatic ring is 1. The van der Waals surface area contributed by atoms with Gasteiger partial charge in [0.25, 0.3) is 0 Å². The summed E-state index contributed by atoms with van der Waals surface area (Å²) in [5, 5.41) is 8.01. The first-order valence-electron chi connectivity index (χ1n) is 7.70. The Morgan fingerprint density at radius 3 is 2.92 bits per heavy atom. The van der Waals surface area contributed by atoms with Crippen molar-refractivity contribution in [1.82, 2.24) is 19.7 Å². The highest BCUT2D eigenvalue weighted by atomic mass is 127. The van der Waals surface area contributed by atoms with Crippen molar-refractivity contribution in [3.8, 4) is 17.3 Å². The minimum absolute atomic E-state index is 0.317. The van der Waals surface area contributed by atoms with Crippen LogP contribution in [-0.2, 0) is 11.3 Å². The maximum atomic E-state index is 11.9. The third-order valence-electron chi connectivity index (χ3n) is 3.55. The Morgan fingerprint density at radius 1 is 1.31 bits per heavy atom. The van der Waals surface area contributed by atoms with Crippen LogP contribution in [0.25, 0.3) is 11.5 Å². The largest absolute Gasteiger partial charge is 0.491 e. The third kappa shape index (κ3) is 4.10. The van der Waals surface area contributed by atoms with Crippen molar-refractivity contribution in [2.75, 3.05) is 19.5 Å². The van der Waals surface area contributed by atoms with E-state index in [0.717, 1.165) is 3.57 Å². The van der Waals surface area contributed by atoms with Gasteiger partial charge in [0.05, 0.1) is 13.7 Å². The number of anilines is 1. The Kier molecular flexibility index (Phi) is 5.66. The average Bonchev–Trinajstić information content (AvgIpc) is 3.10. The summed E-state index contributed by atoms with van der Waals surface area (Å²) < 4.78 is 13.3. The number of esters is 1. The van der Waals surface area contributed by atoms with Crippen molar-refractivity contribution >= 4 is 34.4 Å². The van der Waals surface area contributed by atoms with Gasteiger partial charge >= 0.3 is 5.97 Å². The lowest BCUT2D eigenvalue weighted by atomic mass is 10.2. The number of ether oxygens (including phenoxy) is 2. The molecule has 2 heterocycles. The topological polar surface area (TPSA) is 105 Å².